The monoisotopic (exact) mass is 379 g/mol. The minimum atomic E-state index is -0.249. The Bertz CT molecular complexity index is 939. The molecule has 4 heteroatoms. The molecule has 2 aromatic rings. The lowest BCUT2D eigenvalue weighted by Crippen LogP contribution is -2.30. The SMILES string of the molecule is CCOc1cc2c(c3c1OC(C)(C)C3)C(c1ccc(OC)cc1)=NC(C)(C)C2. The molecule has 0 spiro atoms. The summed E-state index contributed by atoms with van der Waals surface area (Å²) in [6.45, 7) is 11.3. The molecule has 4 rings (SSSR count). The number of benzene rings is 2. The number of nitrogens with zero attached hydrogens (tertiary/aromatic N) is 1. The fraction of sp³-hybridized carbons (Fsp3) is 0.458. The Labute approximate surface area is 167 Å². The first kappa shape index (κ1) is 18.9. The fourth-order valence-electron chi connectivity index (χ4n) is 4.29. The smallest absolute Gasteiger partial charge is 0.166 e. The van der Waals surface area contributed by atoms with Crippen molar-refractivity contribution in [3.05, 3.63) is 52.6 Å². The summed E-state index contributed by atoms with van der Waals surface area (Å²) in [5.41, 5.74) is 5.44. The lowest BCUT2D eigenvalue weighted by atomic mass is 9.81. The van der Waals surface area contributed by atoms with Gasteiger partial charge in [0, 0.05) is 23.1 Å². The number of rotatable bonds is 4. The molecule has 4 nitrogen and oxygen atoms in total. The molecule has 0 bridgehead atoms. The van der Waals surface area contributed by atoms with Crippen LogP contribution >= 0.6 is 0 Å². The summed E-state index contributed by atoms with van der Waals surface area (Å²) in [6, 6.07) is 10.3. The van der Waals surface area contributed by atoms with Gasteiger partial charge >= 0.3 is 0 Å². The van der Waals surface area contributed by atoms with Crippen LogP contribution in [-0.2, 0) is 12.8 Å². The van der Waals surface area contributed by atoms with Crippen LogP contribution in [0.15, 0.2) is 35.3 Å². The number of ether oxygens (including phenoxy) is 3. The van der Waals surface area contributed by atoms with E-state index in [-0.39, 0.29) is 11.1 Å². The third-order valence-electron chi connectivity index (χ3n) is 5.34. The molecule has 2 aliphatic rings. The van der Waals surface area contributed by atoms with Crippen molar-refractivity contribution in [3.8, 4) is 17.2 Å². The maximum Gasteiger partial charge on any atom is 0.166 e. The quantitative estimate of drug-likeness (QED) is 0.752. The zero-order valence-corrected chi connectivity index (χ0v) is 17.7. The molecular formula is C24H29NO3. The number of fused-ring (bicyclic) bond motifs is 3. The van der Waals surface area contributed by atoms with E-state index >= 15 is 0 Å². The Hall–Kier alpha value is -2.49. The zero-order valence-electron chi connectivity index (χ0n) is 17.7. The second-order valence-corrected chi connectivity index (χ2v) is 8.87. The number of hydrogen-bond acceptors (Lipinski definition) is 4. The van der Waals surface area contributed by atoms with Crippen LogP contribution in [0, 0.1) is 0 Å². The molecule has 2 aromatic carbocycles. The summed E-state index contributed by atoms with van der Waals surface area (Å²) in [7, 11) is 1.69. The molecule has 0 unspecified atom stereocenters. The molecule has 0 amide bonds. The van der Waals surface area contributed by atoms with Crippen molar-refractivity contribution in [3.63, 3.8) is 0 Å². The van der Waals surface area contributed by atoms with Gasteiger partial charge in [0.25, 0.3) is 0 Å². The average Bonchev–Trinajstić information content (AvgIpc) is 2.96. The lowest BCUT2D eigenvalue weighted by Gasteiger charge is -2.31. The lowest BCUT2D eigenvalue weighted by molar-refractivity contribution is 0.132. The molecule has 0 aliphatic carbocycles. The minimum Gasteiger partial charge on any atom is -0.497 e. The molecule has 0 atom stereocenters. The average molecular weight is 380 g/mol. The van der Waals surface area contributed by atoms with Crippen LogP contribution in [0.3, 0.4) is 0 Å². The van der Waals surface area contributed by atoms with Crippen molar-refractivity contribution < 1.29 is 14.2 Å². The molecule has 0 saturated carbocycles. The summed E-state index contributed by atoms with van der Waals surface area (Å²) < 4.78 is 17.6. The second-order valence-electron chi connectivity index (χ2n) is 8.87. The first-order chi connectivity index (χ1) is 13.2. The van der Waals surface area contributed by atoms with Gasteiger partial charge in [-0.2, -0.15) is 0 Å². The van der Waals surface area contributed by atoms with Crippen molar-refractivity contribution in [2.75, 3.05) is 13.7 Å². The van der Waals surface area contributed by atoms with E-state index in [2.05, 4.69) is 45.9 Å². The predicted molar refractivity (Wildman–Crippen MR) is 112 cm³/mol. The van der Waals surface area contributed by atoms with Gasteiger partial charge in [-0.3, -0.25) is 4.99 Å². The number of aliphatic imine (C=N–C) groups is 1. The van der Waals surface area contributed by atoms with E-state index in [4.69, 9.17) is 19.2 Å². The highest BCUT2D eigenvalue weighted by Gasteiger charge is 2.39. The molecule has 148 valence electrons. The van der Waals surface area contributed by atoms with Gasteiger partial charge in [0.05, 0.1) is 25.0 Å². The van der Waals surface area contributed by atoms with Gasteiger partial charge in [0.15, 0.2) is 11.5 Å². The summed E-state index contributed by atoms with van der Waals surface area (Å²) >= 11 is 0. The Balaban J connectivity index is 1.93. The Morgan fingerprint density at radius 1 is 1.07 bits per heavy atom. The minimum absolute atomic E-state index is 0.172. The fourth-order valence-corrected chi connectivity index (χ4v) is 4.29. The van der Waals surface area contributed by atoms with E-state index in [0.29, 0.717) is 6.61 Å². The van der Waals surface area contributed by atoms with Gasteiger partial charge in [-0.05, 0) is 76.9 Å². The summed E-state index contributed by atoms with van der Waals surface area (Å²) in [5.74, 6) is 2.58. The van der Waals surface area contributed by atoms with Gasteiger partial charge in [0.1, 0.15) is 11.4 Å². The van der Waals surface area contributed by atoms with Crippen molar-refractivity contribution >= 4 is 5.71 Å². The number of hydrogen-bond donors (Lipinski definition) is 0. The van der Waals surface area contributed by atoms with Crippen LogP contribution in [0.4, 0.5) is 0 Å². The Kier molecular flexibility index (Phi) is 4.40. The molecule has 0 fully saturated rings. The van der Waals surface area contributed by atoms with Gasteiger partial charge in [-0.15, -0.1) is 0 Å². The maximum absolute atomic E-state index is 6.32. The largest absolute Gasteiger partial charge is 0.497 e. The van der Waals surface area contributed by atoms with Crippen LogP contribution in [0.2, 0.25) is 0 Å². The normalized spacial score (nSPS) is 18.6. The molecular weight excluding hydrogens is 350 g/mol. The third-order valence-corrected chi connectivity index (χ3v) is 5.34. The second kappa shape index (κ2) is 6.54. The Morgan fingerprint density at radius 2 is 1.79 bits per heavy atom. The van der Waals surface area contributed by atoms with Gasteiger partial charge in [-0.25, -0.2) is 0 Å². The highest BCUT2D eigenvalue weighted by Crippen LogP contribution is 2.48. The van der Waals surface area contributed by atoms with Crippen molar-refractivity contribution in [1.82, 2.24) is 0 Å². The maximum atomic E-state index is 6.32. The van der Waals surface area contributed by atoms with Crippen LogP contribution in [-0.4, -0.2) is 30.6 Å². The highest BCUT2D eigenvalue weighted by molar-refractivity contribution is 6.16. The van der Waals surface area contributed by atoms with Crippen LogP contribution in [0.5, 0.6) is 17.2 Å². The van der Waals surface area contributed by atoms with Crippen molar-refractivity contribution in [2.45, 2.75) is 58.6 Å². The van der Waals surface area contributed by atoms with E-state index in [1.165, 1.54) is 16.7 Å². The van der Waals surface area contributed by atoms with E-state index in [1.807, 2.05) is 19.1 Å². The van der Waals surface area contributed by atoms with E-state index in [9.17, 15) is 0 Å². The predicted octanol–water partition coefficient (Wildman–Crippen LogP) is 4.98. The van der Waals surface area contributed by atoms with Gasteiger partial charge < -0.3 is 14.2 Å². The van der Waals surface area contributed by atoms with Crippen LogP contribution < -0.4 is 14.2 Å². The molecule has 0 saturated heterocycles. The van der Waals surface area contributed by atoms with Crippen molar-refractivity contribution in [1.29, 1.82) is 0 Å². The number of methoxy groups -OCH3 is 1. The van der Waals surface area contributed by atoms with Crippen LogP contribution in [0.25, 0.3) is 0 Å². The molecule has 0 N–H and O–H groups in total. The highest BCUT2D eigenvalue weighted by atomic mass is 16.5. The molecule has 0 aromatic heterocycles. The first-order valence-electron chi connectivity index (χ1n) is 9.98. The molecule has 2 aliphatic heterocycles. The summed E-state index contributed by atoms with van der Waals surface area (Å²) in [5, 5.41) is 0. The summed E-state index contributed by atoms with van der Waals surface area (Å²) in [6.07, 6.45) is 1.73. The topological polar surface area (TPSA) is 40.0 Å². The van der Waals surface area contributed by atoms with Crippen molar-refractivity contribution in [2.24, 2.45) is 4.99 Å². The van der Waals surface area contributed by atoms with E-state index in [1.54, 1.807) is 7.11 Å². The first-order valence-corrected chi connectivity index (χ1v) is 9.98. The Morgan fingerprint density at radius 3 is 2.43 bits per heavy atom. The van der Waals surface area contributed by atoms with Crippen LogP contribution in [0.1, 0.15) is 56.9 Å². The third kappa shape index (κ3) is 3.25. The molecule has 0 radical (unpaired) electrons. The van der Waals surface area contributed by atoms with Gasteiger partial charge in [-0.1, -0.05) is 0 Å². The van der Waals surface area contributed by atoms with E-state index in [0.717, 1.165) is 41.4 Å². The molecule has 2 heterocycles. The van der Waals surface area contributed by atoms with Gasteiger partial charge in [0.2, 0.25) is 0 Å². The summed E-state index contributed by atoms with van der Waals surface area (Å²) in [4.78, 5) is 5.16. The van der Waals surface area contributed by atoms with E-state index < -0.39 is 0 Å². The molecule has 28 heavy (non-hydrogen) atoms. The zero-order chi connectivity index (χ0) is 20.1. The standard InChI is InChI=1S/C24H29NO3/c1-7-27-19-12-16-13-23(2,3)25-21(15-8-10-17(26-6)11-9-15)20(16)18-14-24(4,5)28-22(18)19/h8-12H,7,13-14H2,1-6H3.